The average Bonchev–Trinajstić information content (AvgIpc) is 3.11. The van der Waals surface area contributed by atoms with E-state index in [1.54, 1.807) is 18.0 Å². The smallest absolute Gasteiger partial charge is 0.271 e. The van der Waals surface area contributed by atoms with E-state index in [9.17, 15) is 9.59 Å². The Balaban J connectivity index is 1.70. The zero-order chi connectivity index (χ0) is 19.9. The van der Waals surface area contributed by atoms with Crippen LogP contribution in [0.2, 0.25) is 0 Å². The van der Waals surface area contributed by atoms with Gasteiger partial charge in [0, 0.05) is 26.3 Å². The van der Waals surface area contributed by atoms with Gasteiger partial charge in [0.05, 0.1) is 24.7 Å². The zero-order valence-electron chi connectivity index (χ0n) is 15.4. The van der Waals surface area contributed by atoms with E-state index >= 15 is 0 Å². The number of amides is 1. The minimum absolute atomic E-state index is 0.140. The number of carbonyl (C=O) groups excluding carboxylic acids is 1. The van der Waals surface area contributed by atoms with Gasteiger partial charge in [0.15, 0.2) is 10.8 Å². The fourth-order valence-corrected chi connectivity index (χ4v) is 2.79. The highest BCUT2D eigenvalue weighted by molar-refractivity contribution is 7.98. The van der Waals surface area contributed by atoms with Crippen LogP contribution in [0.15, 0.2) is 28.3 Å². The molecule has 12 heteroatoms. The minimum Gasteiger partial charge on any atom is -0.383 e. The summed E-state index contributed by atoms with van der Waals surface area (Å²) in [6.45, 7) is 1.91. The van der Waals surface area contributed by atoms with E-state index in [1.165, 1.54) is 23.9 Å². The average molecular weight is 404 g/mol. The number of hydrogen-bond donors (Lipinski definition) is 3. The molecule has 0 aliphatic heterocycles. The summed E-state index contributed by atoms with van der Waals surface area (Å²) in [7, 11) is 1.64. The molecule has 0 atom stereocenters. The van der Waals surface area contributed by atoms with Crippen molar-refractivity contribution in [3.8, 4) is 0 Å². The van der Waals surface area contributed by atoms with Crippen LogP contribution in [-0.2, 0) is 11.3 Å². The number of hydrogen-bond acceptors (Lipinski definition) is 9. The van der Waals surface area contributed by atoms with Crippen molar-refractivity contribution in [2.24, 2.45) is 0 Å². The number of nitrogens with zero attached hydrogens (tertiary/aromatic N) is 5. The molecule has 11 nitrogen and oxygen atoms in total. The molecule has 0 radical (unpaired) electrons. The van der Waals surface area contributed by atoms with Gasteiger partial charge in [-0.2, -0.15) is 10.2 Å². The van der Waals surface area contributed by atoms with Crippen molar-refractivity contribution < 1.29 is 9.53 Å². The lowest BCUT2D eigenvalue weighted by Crippen LogP contribution is -2.29. The molecule has 0 aliphatic carbocycles. The molecule has 3 N–H and O–H groups in total. The molecule has 0 aliphatic rings. The van der Waals surface area contributed by atoms with Crippen molar-refractivity contribution in [3.63, 3.8) is 0 Å². The monoisotopic (exact) mass is 404 g/mol. The Labute approximate surface area is 164 Å². The highest BCUT2D eigenvalue weighted by Gasteiger charge is 2.13. The van der Waals surface area contributed by atoms with Crippen LogP contribution >= 0.6 is 11.8 Å². The summed E-state index contributed by atoms with van der Waals surface area (Å²) in [5.74, 6) is 0.313. The molecule has 28 heavy (non-hydrogen) atoms. The van der Waals surface area contributed by atoms with Gasteiger partial charge in [-0.3, -0.25) is 9.59 Å². The van der Waals surface area contributed by atoms with E-state index in [1.807, 2.05) is 6.26 Å². The normalized spacial score (nSPS) is 10.9. The maximum Gasteiger partial charge on any atom is 0.271 e. The number of rotatable bonds is 9. The number of H-pyrrole nitrogens is 1. The number of aromatic nitrogens is 6. The number of aromatic amines is 1. The zero-order valence-corrected chi connectivity index (χ0v) is 16.2. The number of methoxy groups -OCH3 is 1. The number of ether oxygens (including phenoxy) is 1. The van der Waals surface area contributed by atoms with E-state index in [0.29, 0.717) is 42.9 Å². The van der Waals surface area contributed by atoms with Crippen molar-refractivity contribution in [2.75, 3.05) is 38.4 Å². The quantitative estimate of drug-likeness (QED) is 0.258. The fraction of sp³-hybridized carbons (Fsp3) is 0.375. The Morgan fingerprint density at radius 1 is 1.32 bits per heavy atom. The van der Waals surface area contributed by atoms with Crippen LogP contribution < -0.4 is 16.2 Å². The lowest BCUT2D eigenvalue weighted by atomic mass is 10.3. The first-order valence-corrected chi connectivity index (χ1v) is 9.69. The summed E-state index contributed by atoms with van der Waals surface area (Å²) in [6.07, 6.45) is 3.60. The highest BCUT2D eigenvalue weighted by atomic mass is 32.2. The first-order chi connectivity index (χ1) is 13.6. The lowest BCUT2D eigenvalue weighted by molar-refractivity contribution is 0.0946. The summed E-state index contributed by atoms with van der Waals surface area (Å²) >= 11 is 1.43. The maximum atomic E-state index is 12.1. The standard InChI is InChI=1S/C16H20N8O3S/c1-27-8-6-17-13-10-9-19-24(14(10)21-16(20-13)28-2)7-5-18-15(26)11-3-4-12(25)23-22-11/h3-4,9H,5-8H2,1-2H3,(H,18,26)(H,23,25)(H,17,20,21). The van der Waals surface area contributed by atoms with Gasteiger partial charge in [0.25, 0.3) is 11.5 Å². The van der Waals surface area contributed by atoms with E-state index in [2.05, 4.69) is 35.9 Å². The highest BCUT2D eigenvalue weighted by Crippen LogP contribution is 2.23. The first-order valence-electron chi connectivity index (χ1n) is 8.46. The van der Waals surface area contributed by atoms with E-state index < -0.39 is 0 Å². The summed E-state index contributed by atoms with van der Waals surface area (Å²) in [5.41, 5.74) is 0.455. The second-order valence-corrected chi connectivity index (χ2v) is 6.42. The Morgan fingerprint density at radius 2 is 2.18 bits per heavy atom. The van der Waals surface area contributed by atoms with Crippen LogP contribution in [0.5, 0.6) is 0 Å². The van der Waals surface area contributed by atoms with Crippen LogP contribution in [0.4, 0.5) is 5.82 Å². The number of thioether (sulfide) groups is 1. The summed E-state index contributed by atoms with van der Waals surface area (Å²) in [5, 5.41) is 17.7. The van der Waals surface area contributed by atoms with Crippen LogP contribution in [-0.4, -0.2) is 68.9 Å². The number of carbonyl (C=O) groups is 1. The summed E-state index contributed by atoms with van der Waals surface area (Å²) in [4.78, 5) is 32.1. The van der Waals surface area contributed by atoms with Crippen LogP contribution in [0, 0.1) is 0 Å². The van der Waals surface area contributed by atoms with Gasteiger partial charge in [0.1, 0.15) is 11.5 Å². The van der Waals surface area contributed by atoms with Gasteiger partial charge in [-0.15, -0.1) is 0 Å². The number of fused-ring (bicyclic) bond motifs is 1. The molecule has 3 heterocycles. The van der Waals surface area contributed by atoms with Gasteiger partial charge in [-0.25, -0.2) is 19.7 Å². The number of anilines is 1. The second-order valence-electron chi connectivity index (χ2n) is 5.65. The van der Waals surface area contributed by atoms with E-state index in [0.717, 1.165) is 5.39 Å². The molecule has 3 aromatic heterocycles. The molecule has 0 spiro atoms. The minimum atomic E-state index is -0.380. The largest absolute Gasteiger partial charge is 0.383 e. The lowest BCUT2D eigenvalue weighted by Gasteiger charge is -2.09. The van der Waals surface area contributed by atoms with Gasteiger partial charge < -0.3 is 15.4 Å². The van der Waals surface area contributed by atoms with Crippen molar-refractivity contribution in [1.29, 1.82) is 0 Å². The van der Waals surface area contributed by atoms with E-state index in [-0.39, 0.29) is 17.2 Å². The molecular formula is C16H20N8O3S. The molecule has 0 bridgehead atoms. The molecule has 0 unspecified atom stereocenters. The topological polar surface area (TPSA) is 140 Å². The van der Waals surface area contributed by atoms with Crippen molar-refractivity contribution in [3.05, 3.63) is 34.4 Å². The van der Waals surface area contributed by atoms with Crippen molar-refractivity contribution in [1.82, 2.24) is 35.3 Å². The molecule has 0 saturated heterocycles. The third-order valence-corrected chi connectivity index (χ3v) is 4.33. The van der Waals surface area contributed by atoms with E-state index in [4.69, 9.17) is 4.74 Å². The van der Waals surface area contributed by atoms with Crippen molar-refractivity contribution >= 4 is 34.5 Å². The van der Waals surface area contributed by atoms with Gasteiger partial charge >= 0.3 is 0 Å². The Hall–Kier alpha value is -2.99. The maximum absolute atomic E-state index is 12.1. The van der Waals surface area contributed by atoms with Crippen LogP contribution in [0.3, 0.4) is 0 Å². The SMILES string of the molecule is COCCNc1nc(SC)nc2c1cnn2CCNC(=O)c1ccc(=O)[nH]n1. The molecule has 0 saturated carbocycles. The van der Waals surface area contributed by atoms with Crippen LogP contribution in [0.25, 0.3) is 11.0 Å². The molecule has 148 valence electrons. The third kappa shape index (κ3) is 4.64. The third-order valence-electron chi connectivity index (χ3n) is 3.78. The van der Waals surface area contributed by atoms with Gasteiger partial charge in [0.2, 0.25) is 0 Å². The van der Waals surface area contributed by atoms with Gasteiger partial charge in [-0.05, 0) is 12.3 Å². The molecule has 0 fully saturated rings. The molecular weight excluding hydrogens is 384 g/mol. The predicted octanol–water partition coefficient (Wildman–Crippen LogP) is 0.120. The Kier molecular flexibility index (Phi) is 6.55. The predicted molar refractivity (Wildman–Crippen MR) is 105 cm³/mol. The molecule has 0 aromatic carbocycles. The molecule has 3 rings (SSSR count). The van der Waals surface area contributed by atoms with Crippen molar-refractivity contribution in [2.45, 2.75) is 11.7 Å². The van der Waals surface area contributed by atoms with Gasteiger partial charge in [-0.1, -0.05) is 11.8 Å². The first kappa shape index (κ1) is 19.8. The molecule has 1 amide bonds. The fourth-order valence-electron chi connectivity index (χ4n) is 2.43. The molecule has 3 aromatic rings. The Morgan fingerprint density at radius 3 is 2.89 bits per heavy atom. The van der Waals surface area contributed by atoms with Crippen LogP contribution in [0.1, 0.15) is 10.5 Å². The summed E-state index contributed by atoms with van der Waals surface area (Å²) < 4.78 is 6.77. The Bertz CT molecular complexity index is 998. The summed E-state index contributed by atoms with van der Waals surface area (Å²) in [6, 6.07) is 2.62. The second kappa shape index (κ2) is 9.28. The number of nitrogens with one attached hydrogen (secondary N) is 3.